The molecule has 0 spiro atoms. The van der Waals surface area contributed by atoms with E-state index in [1.54, 1.807) is 0 Å². The third-order valence-corrected chi connectivity index (χ3v) is 3.80. The molecule has 1 aromatic rings. The summed E-state index contributed by atoms with van der Waals surface area (Å²) in [6, 6.07) is 6.66. The van der Waals surface area contributed by atoms with Crippen molar-refractivity contribution < 1.29 is 5.11 Å². The van der Waals surface area contributed by atoms with E-state index in [4.69, 9.17) is 0 Å². The Balaban J connectivity index is 2.35. The minimum Gasteiger partial charge on any atom is -0.392 e. The molecule has 16 heavy (non-hydrogen) atoms. The van der Waals surface area contributed by atoms with E-state index >= 15 is 0 Å². The quantitative estimate of drug-likeness (QED) is 0.901. The van der Waals surface area contributed by atoms with Crippen LogP contribution in [0, 0.1) is 5.92 Å². The van der Waals surface area contributed by atoms with E-state index in [1.807, 2.05) is 12.1 Å². The normalized spacial score (nSPS) is 25.1. The SMILES string of the molecule is CC1CC(C)N(c2cc(Br)ccc2CO)C1. The molecular formula is C13H18BrNO. The highest BCUT2D eigenvalue weighted by Gasteiger charge is 2.27. The standard InChI is InChI=1S/C13H18BrNO/c1-9-5-10(2)15(7-9)13-6-12(14)4-3-11(13)8-16/h3-4,6,9-10,16H,5,7-8H2,1-2H3. The van der Waals surface area contributed by atoms with Crippen molar-refractivity contribution in [1.29, 1.82) is 0 Å². The summed E-state index contributed by atoms with van der Waals surface area (Å²) < 4.78 is 1.08. The van der Waals surface area contributed by atoms with Crippen molar-refractivity contribution in [3.05, 3.63) is 28.2 Å². The second kappa shape index (κ2) is 4.76. The van der Waals surface area contributed by atoms with E-state index in [2.05, 4.69) is 40.7 Å². The molecule has 1 aliphatic rings. The minimum atomic E-state index is 0.111. The number of anilines is 1. The van der Waals surface area contributed by atoms with Crippen LogP contribution in [0.4, 0.5) is 5.69 Å². The Hall–Kier alpha value is -0.540. The third-order valence-electron chi connectivity index (χ3n) is 3.31. The fourth-order valence-electron chi connectivity index (χ4n) is 2.57. The van der Waals surface area contributed by atoms with E-state index in [1.165, 1.54) is 12.1 Å². The maximum Gasteiger partial charge on any atom is 0.0702 e. The van der Waals surface area contributed by atoms with Crippen molar-refractivity contribution >= 4 is 21.6 Å². The molecule has 0 saturated carbocycles. The van der Waals surface area contributed by atoms with Crippen molar-refractivity contribution in [2.24, 2.45) is 5.92 Å². The molecule has 0 aromatic heterocycles. The Morgan fingerprint density at radius 1 is 1.44 bits per heavy atom. The predicted molar refractivity (Wildman–Crippen MR) is 70.7 cm³/mol. The van der Waals surface area contributed by atoms with Gasteiger partial charge in [-0.1, -0.05) is 28.9 Å². The molecule has 1 heterocycles. The maximum absolute atomic E-state index is 9.38. The van der Waals surface area contributed by atoms with Crippen molar-refractivity contribution in [3.63, 3.8) is 0 Å². The number of benzene rings is 1. The van der Waals surface area contributed by atoms with Crippen LogP contribution in [0.3, 0.4) is 0 Å². The molecule has 1 aliphatic heterocycles. The molecule has 0 amide bonds. The number of hydrogen-bond acceptors (Lipinski definition) is 2. The van der Waals surface area contributed by atoms with E-state index in [0.29, 0.717) is 6.04 Å². The fourth-order valence-corrected chi connectivity index (χ4v) is 2.92. The Bertz CT molecular complexity index is 380. The summed E-state index contributed by atoms with van der Waals surface area (Å²) in [5.41, 5.74) is 2.19. The van der Waals surface area contributed by atoms with E-state index in [0.717, 1.165) is 22.5 Å². The van der Waals surface area contributed by atoms with Crippen LogP contribution in [0.5, 0.6) is 0 Å². The van der Waals surface area contributed by atoms with Crippen LogP contribution in [0.1, 0.15) is 25.8 Å². The lowest BCUT2D eigenvalue weighted by atomic mass is 10.1. The molecule has 1 fully saturated rings. The fraction of sp³-hybridized carbons (Fsp3) is 0.538. The molecule has 2 rings (SSSR count). The molecule has 0 radical (unpaired) electrons. The summed E-state index contributed by atoms with van der Waals surface area (Å²) in [5, 5.41) is 9.38. The van der Waals surface area contributed by atoms with Crippen LogP contribution in [-0.4, -0.2) is 17.7 Å². The summed E-state index contributed by atoms with van der Waals surface area (Å²) in [6.07, 6.45) is 1.23. The van der Waals surface area contributed by atoms with Gasteiger partial charge >= 0.3 is 0 Å². The topological polar surface area (TPSA) is 23.5 Å². The highest BCUT2D eigenvalue weighted by molar-refractivity contribution is 9.10. The number of aliphatic hydroxyl groups excluding tert-OH is 1. The summed E-state index contributed by atoms with van der Waals surface area (Å²) in [5.74, 6) is 0.737. The molecule has 3 heteroatoms. The summed E-state index contributed by atoms with van der Waals surface area (Å²) >= 11 is 3.50. The van der Waals surface area contributed by atoms with Crippen molar-refractivity contribution in [2.75, 3.05) is 11.4 Å². The van der Waals surface area contributed by atoms with Crippen molar-refractivity contribution in [3.8, 4) is 0 Å². The van der Waals surface area contributed by atoms with Gasteiger partial charge in [-0.3, -0.25) is 0 Å². The monoisotopic (exact) mass is 283 g/mol. The summed E-state index contributed by atoms with van der Waals surface area (Å²) in [6.45, 7) is 5.74. The van der Waals surface area contributed by atoms with Gasteiger partial charge in [0.25, 0.3) is 0 Å². The van der Waals surface area contributed by atoms with Gasteiger partial charge < -0.3 is 10.0 Å². The van der Waals surface area contributed by atoms with Gasteiger partial charge in [0.1, 0.15) is 0 Å². The summed E-state index contributed by atoms with van der Waals surface area (Å²) in [7, 11) is 0. The molecule has 88 valence electrons. The van der Waals surface area contributed by atoms with Crippen LogP contribution in [-0.2, 0) is 6.61 Å². The largest absolute Gasteiger partial charge is 0.392 e. The number of hydrogen-bond donors (Lipinski definition) is 1. The van der Waals surface area contributed by atoms with Crippen LogP contribution >= 0.6 is 15.9 Å². The molecule has 1 N–H and O–H groups in total. The Morgan fingerprint density at radius 3 is 2.75 bits per heavy atom. The zero-order valence-electron chi connectivity index (χ0n) is 9.78. The molecule has 2 nitrogen and oxygen atoms in total. The lowest BCUT2D eigenvalue weighted by molar-refractivity contribution is 0.282. The molecule has 2 unspecified atom stereocenters. The Kier molecular flexibility index (Phi) is 3.55. The van der Waals surface area contributed by atoms with Gasteiger partial charge in [0.05, 0.1) is 6.61 Å². The number of nitrogens with zero attached hydrogens (tertiary/aromatic N) is 1. The van der Waals surface area contributed by atoms with Crippen LogP contribution < -0.4 is 4.90 Å². The minimum absolute atomic E-state index is 0.111. The van der Waals surface area contributed by atoms with Gasteiger partial charge in [-0.25, -0.2) is 0 Å². The third kappa shape index (κ3) is 2.25. The van der Waals surface area contributed by atoms with E-state index in [-0.39, 0.29) is 6.61 Å². The average molecular weight is 284 g/mol. The lowest BCUT2D eigenvalue weighted by Crippen LogP contribution is -2.27. The Labute approximate surface area is 105 Å². The van der Waals surface area contributed by atoms with Gasteiger partial charge in [-0.15, -0.1) is 0 Å². The predicted octanol–water partition coefficient (Wildman–Crippen LogP) is 3.18. The van der Waals surface area contributed by atoms with Gasteiger partial charge in [-0.2, -0.15) is 0 Å². The Morgan fingerprint density at radius 2 is 2.19 bits per heavy atom. The number of aliphatic hydroxyl groups is 1. The molecule has 0 bridgehead atoms. The second-order valence-corrected chi connectivity index (χ2v) is 5.69. The van der Waals surface area contributed by atoms with E-state index in [9.17, 15) is 5.11 Å². The maximum atomic E-state index is 9.38. The van der Waals surface area contributed by atoms with Crippen LogP contribution in [0.25, 0.3) is 0 Å². The lowest BCUT2D eigenvalue weighted by Gasteiger charge is -2.26. The molecular weight excluding hydrogens is 266 g/mol. The average Bonchev–Trinajstić information content (AvgIpc) is 2.57. The number of rotatable bonds is 2. The highest BCUT2D eigenvalue weighted by atomic mass is 79.9. The zero-order chi connectivity index (χ0) is 11.7. The first-order chi connectivity index (χ1) is 7.61. The summed E-state index contributed by atoms with van der Waals surface area (Å²) in [4.78, 5) is 2.40. The van der Waals surface area contributed by atoms with Gasteiger partial charge in [0, 0.05) is 28.3 Å². The van der Waals surface area contributed by atoms with Gasteiger partial charge in [0.15, 0.2) is 0 Å². The number of halogens is 1. The van der Waals surface area contributed by atoms with Crippen LogP contribution in [0.2, 0.25) is 0 Å². The highest BCUT2D eigenvalue weighted by Crippen LogP contribution is 2.33. The van der Waals surface area contributed by atoms with Crippen molar-refractivity contribution in [2.45, 2.75) is 32.9 Å². The van der Waals surface area contributed by atoms with Crippen LogP contribution in [0.15, 0.2) is 22.7 Å². The zero-order valence-corrected chi connectivity index (χ0v) is 11.4. The molecule has 1 saturated heterocycles. The first-order valence-corrected chi connectivity index (χ1v) is 6.57. The molecule has 0 aliphatic carbocycles. The van der Waals surface area contributed by atoms with E-state index < -0.39 is 0 Å². The smallest absolute Gasteiger partial charge is 0.0702 e. The molecule has 1 aromatic carbocycles. The van der Waals surface area contributed by atoms with Crippen molar-refractivity contribution in [1.82, 2.24) is 0 Å². The first-order valence-electron chi connectivity index (χ1n) is 5.77. The first kappa shape index (κ1) is 11.9. The van der Waals surface area contributed by atoms with Gasteiger partial charge in [-0.05, 0) is 31.4 Å². The second-order valence-electron chi connectivity index (χ2n) is 4.77. The van der Waals surface area contributed by atoms with Gasteiger partial charge in [0.2, 0.25) is 0 Å². The molecule has 2 atom stereocenters.